The van der Waals surface area contributed by atoms with Crippen LogP contribution in [0.4, 0.5) is 11.5 Å². The molecule has 0 spiro atoms. The van der Waals surface area contributed by atoms with Crippen LogP contribution >= 0.6 is 11.3 Å². The number of phenolic OH excluding ortho intramolecular Hbond substituents is 1. The Hall–Kier alpha value is -4.43. The minimum Gasteiger partial charge on any atom is -0.507 e. The number of para-hydroxylation sites is 1. The molecule has 0 aliphatic rings. The minimum absolute atomic E-state index is 0.170. The number of hydrogen-bond acceptors (Lipinski definition) is 6. The van der Waals surface area contributed by atoms with Crippen molar-refractivity contribution in [2.24, 2.45) is 0 Å². The predicted octanol–water partition coefficient (Wildman–Crippen LogP) is 5.74. The van der Waals surface area contributed by atoms with E-state index < -0.39 is 0 Å². The number of nitrogens with zero attached hydrogens (tertiary/aromatic N) is 3. The summed E-state index contributed by atoms with van der Waals surface area (Å²) in [5.74, 6) is 0.731. The summed E-state index contributed by atoms with van der Waals surface area (Å²) >= 11 is 1.59. The van der Waals surface area contributed by atoms with Gasteiger partial charge >= 0.3 is 0 Å². The Kier molecular flexibility index (Phi) is 6.28. The average molecular weight is 482 g/mol. The molecule has 3 heterocycles. The first kappa shape index (κ1) is 22.4. The first-order chi connectivity index (χ1) is 17.1. The third-order valence-electron chi connectivity index (χ3n) is 5.47. The van der Waals surface area contributed by atoms with Gasteiger partial charge in [-0.15, -0.1) is 0 Å². The van der Waals surface area contributed by atoms with Gasteiger partial charge in [0.1, 0.15) is 11.6 Å². The molecule has 1 amide bonds. The van der Waals surface area contributed by atoms with Gasteiger partial charge in [0.05, 0.1) is 11.9 Å². The normalized spacial score (nSPS) is 11.2. The molecule has 0 bridgehead atoms. The van der Waals surface area contributed by atoms with Gasteiger partial charge in [-0.2, -0.15) is 21.0 Å². The van der Waals surface area contributed by atoms with E-state index in [0.717, 1.165) is 22.5 Å². The molecule has 0 saturated heterocycles. The Morgan fingerprint density at radius 3 is 2.86 bits per heavy atom. The largest absolute Gasteiger partial charge is 0.507 e. The summed E-state index contributed by atoms with van der Waals surface area (Å²) in [6, 6.07) is 18.6. The van der Waals surface area contributed by atoms with Gasteiger partial charge in [0.25, 0.3) is 0 Å². The molecule has 5 rings (SSSR count). The van der Waals surface area contributed by atoms with E-state index >= 15 is 0 Å². The van der Waals surface area contributed by atoms with Crippen molar-refractivity contribution in [2.75, 3.05) is 10.6 Å². The second-order valence-electron chi connectivity index (χ2n) is 8.04. The molecular weight excluding hydrogens is 458 g/mol. The zero-order valence-electron chi connectivity index (χ0n) is 19.0. The summed E-state index contributed by atoms with van der Waals surface area (Å²) in [6.45, 7) is 2.46. The van der Waals surface area contributed by atoms with Crippen molar-refractivity contribution in [1.29, 1.82) is 0 Å². The van der Waals surface area contributed by atoms with Gasteiger partial charge in [0.2, 0.25) is 5.91 Å². The van der Waals surface area contributed by atoms with Crippen molar-refractivity contribution in [3.63, 3.8) is 0 Å². The lowest BCUT2D eigenvalue weighted by atomic mass is 10.1. The number of hydrogen-bond donors (Lipinski definition) is 3. The number of thiophene rings is 1. The molecule has 7 nitrogen and oxygen atoms in total. The number of aryl methyl sites for hydroxylation is 1. The highest BCUT2D eigenvalue weighted by Gasteiger charge is 2.13. The molecular formula is C27H23N5O2S. The molecule has 0 aliphatic carbocycles. The lowest BCUT2D eigenvalue weighted by Gasteiger charge is -2.12. The molecule has 0 atom stereocenters. The van der Waals surface area contributed by atoms with Gasteiger partial charge in [-0.25, -0.2) is 4.98 Å². The number of amides is 1. The molecule has 0 aliphatic heterocycles. The molecule has 0 fully saturated rings. The van der Waals surface area contributed by atoms with Crippen molar-refractivity contribution < 1.29 is 9.90 Å². The Bertz CT molecular complexity index is 1520. The fraction of sp³-hybridized carbons (Fsp3) is 0.0741. The number of carbonyl (C=O) groups is 1. The highest BCUT2D eigenvalue weighted by molar-refractivity contribution is 7.08. The Morgan fingerprint density at radius 1 is 1.14 bits per heavy atom. The van der Waals surface area contributed by atoms with Crippen LogP contribution in [0.5, 0.6) is 5.75 Å². The number of carbonyl (C=O) groups excluding carboxylic acids is 1. The Balaban J connectivity index is 1.35. The van der Waals surface area contributed by atoms with Crippen LogP contribution in [0.3, 0.4) is 0 Å². The topological polar surface area (TPSA) is 91.5 Å². The van der Waals surface area contributed by atoms with Gasteiger partial charge in [-0.3, -0.25) is 4.79 Å². The van der Waals surface area contributed by atoms with Gasteiger partial charge in [-0.1, -0.05) is 24.3 Å². The van der Waals surface area contributed by atoms with Crippen molar-refractivity contribution in [3.05, 3.63) is 100 Å². The summed E-state index contributed by atoms with van der Waals surface area (Å²) < 4.78 is 1.75. The summed E-state index contributed by atoms with van der Waals surface area (Å²) in [7, 11) is 0. The van der Waals surface area contributed by atoms with Gasteiger partial charge < -0.3 is 15.7 Å². The van der Waals surface area contributed by atoms with E-state index in [0.29, 0.717) is 29.1 Å². The van der Waals surface area contributed by atoms with E-state index in [1.54, 1.807) is 40.3 Å². The van der Waals surface area contributed by atoms with Crippen LogP contribution < -0.4 is 10.6 Å². The highest BCUT2D eigenvalue weighted by atomic mass is 32.1. The second-order valence-corrected chi connectivity index (χ2v) is 8.82. The van der Waals surface area contributed by atoms with Crippen molar-refractivity contribution in [1.82, 2.24) is 14.6 Å². The fourth-order valence-electron chi connectivity index (χ4n) is 3.70. The smallest absolute Gasteiger partial charge is 0.248 e. The summed E-state index contributed by atoms with van der Waals surface area (Å²) in [5.41, 5.74) is 5.66. The van der Waals surface area contributed by atoms with Crippen LogP contribution in [-0.4, -0.2) is 25.6 Å². The molecule has 0 radical (unpaired) electrons. The molecule has 0 unspecified atom stereocenters. The summed E-state index contributed by atoms with van der Waals surface area (Å²) in [5, 5.41) is 25.1. The Morgan fingerprint density at radius 2 is 2.03 bits per heavy atom. The number of phenols is 1. The fourth-order valence-corrected chi connectivity index (χ4v) is 4.33. The molecule has 5 aromatic rings. The first-order valence-electron chi connectivity index (χ1n) is 11.0. The third-order valence-corrected chi connectivity index (χ3v) is 6.17. The van der Waals surface area contributed by atoms with E-state index in [-0.39, 0.29) is 11.7 Å². The summed E-state index contributed by atoms with van der Waals surface area (Å²) in [4.78, 5) is 17.0. The van der Waals surface area contributed by atoms with Gasteiger partial charge in [0, 0.05) is 35.5 Å². The van der Waals surface area contributed by atoms with Crippen LogP contribution in [0.25, 0.3) is 23.0 Å². The number of aromatic nitrogens is 3. The highest BCUT2D eigenvalue weighted by Crippen LogP contribution is 2.30. The first-order valence-corrected chi connectivity index (χ1v) is 12.0. The number of fused-ring (bicyclic) bond motifs is 1. The van der Waals surface area contributed by atoms with Crippen LogP contribution in [0, 0.1) is 6.92 Å². The maximum absolute atomic E-state index is 12.3. The zero-order valence-corrected chi connectivity index (χ0v) is 19.8. The van der Waals surface area contributed by atoms with Crippen molar-refractivity contribution in [2.45, 2.75) is 13.5 Å². The molecule has 8 heteroatoms. The van der Waals surface area contributed by atoms with E-state index in [4.69, 9.17) is 4.98 Å². The third kappa shape index (κ3) is 5.07. The molecule has 3 N–H and O–H groups in total. The van der Waals surface area contributed by atoms with Gasteiger partial charge in [0.15, 0.2) is 5.65 Å². The monoisotopic (exact) mass is 481 g/mol. The molecule has 174 valence electrons. The molecule has 2 aromatic carbocycles. The number of rotatable bonds is 7. The second kappa shape index (κ2) is 9.82. The number of benzene rings is 2. The number of anilines is 2. The maximum Gasteiger partial charge on any atom is 0.248 e. The molecule has 3 aromatic heterocycles. The maximum atomic E-state index is 12.3. The van der Waals surface area contributed by atoms with E-state index in [1.165, 1.54) is 6.08 Å². The van der Waals surface area contributed by atoms with Crippen LogP contribution in [0.2, 0.25) is 0 Å². The quantitative estimate of drug-likeness (QED) is 0.258. The SMILES string of the molecule is Cc1cnn2c(NCc3cccc(NC(=O)/C=C/c4ccsc4)c3)cc(-c3ccccc3O)nc12. The van der Waals surface area contributed by atoms with Crippen molar-refractivity contribution in [3.8, 4) is 17.0 Å². The zero-order chi connectivity index (χ0) is 24.2. The Labute approximate surface area is 206 Å². The predicted molar refractivity (Wildman–Crippen MR) is 141 cm³/mol. The number of aromatic hydroxyl groups is 1. The number of nitrogens with one attached hydrogen (secondary N) is 2. The van der Waals surface area contributed by atoms with E-state index in [1.807, 2.05) is 66.2 Å². The molecule has 0 saturated carbocycles. The van der Waals surface area contributed by atoms with Gasteiger partial charge in [-0.05, 0) is 65.2 Å². The van der Waals surface area contributed by atoms with E-state index in [2.05, 4.69) is 15.7 Å². The van der Waals surface area contributed by atoms with Crippen LogP contribution in [0.1, 0.15) is 16.7 Å². The minimum atomic E-state index is -0.184. The van der Waals surface area contributed by atoms with Crippen LogP contribution in [0.15, 0.2) is 83.7 Å². The molecule has 35 heavy (non-hydrogen) atoms. The van der Waals surface area contributed by atoms with Crippen molar-refractivity contribution >= 4 is 40.5 Å². The lowest BCUT2D eigenvalue weighted by Crippen LogP contribution is -2.09. The standard InChI is InChI=1S/C27H23N5O2S/c1-18-15-29-32-25(14-23(31-27(18)32)22-7-2-3-8-24(22)33)28-16-20-5-4-6-21(13-20)30-26(34)10-9-19-11-12-35-17-19/h2-15,17,28,33H,16H2,1H3,(H,30,34)/b10-9+. The average Bonchev–Trinajstić information content (AvgIpc) is 3.52. The van der Waals surface area contributed by atoms with Crippen LogP contribution in [-0.2, 0) is 11.3 Å². The lowest BCUT2D eigenvalue weighted by molar-refractivity contribution is -0.111. The van der Waals surface area contributed by atoms with E-state index in [9.17, 15) is 9.90 Å². The summed E-state index contributed by atoms with van der Waals surface area (Å²) in [6.07, 6.45) is 5.09.